The van der Waals surface area contributed by atoms with Crippen molar-refractivity contribution in [3.8, 4) is 0 Å². The van der Waals surface area contributed by atoms with Crippen molar-refractivity contribution in [3.63, 3.8) is 0 Å². The molecule has 0 bridgehead atoms. The highest BCUT2D eigenvalue weighted by Gasteiger charge is 2.18. The number of nitrogens with one attached hydrogen (secondary N) is 2. The van der Waals surface area contributed by atoms with Gasteiger partial charge in [-0.3, -0.25) is 10.1 Å². The fraction of sp³-hybridized carbons (Fsp3) is 0.455. The molecule has 6 nitrogen and oxygen atoms in total. The summed E-state index contributed by atoms with van der Waals surface area (Å²) < 4.78 is 4.89. The van der Waals surface area contributed by atoms with E-state index in [2.05, 4.69) is 10.6 Å². The van der Waals surface area contributed by atoms with Crippen LogP contribution < -0.4 is 10.6 Å². The number of benzene rings is 1. The number of hydrogen-bond acceptors (Lipinski definition) is 5. The Morgan fingerprint density at radius 3 is 2.53 bits per heavy atom. The number of ether oxygens (including phenoxy) is 1. The molecule has 0 radical (unpaired) electrons. The largest absolute Gasteiger partial charge is 0.383 e. The molecular formula is C11H17N3O3. The second kappa shape index (κ2) is 6.70. The molecule has 1 aromatic rings. The molecule has 0 spiro atoms. The van der Waals surface area contributed by atoms with Gasteiger partial charge in [-0.1, -0.05) is 6.07 Å². The summed E-state index contributed by atoms with van der Waals surface area (Å²) in [6.07, 6.45) is 0. The van der Waals surface area contributed by atoms with E-state index in [0.29, 0.717) is 31.1 Å². The van der Waals surface area contributed by atoms with E-state index in [9.17, 15) is 10.1 Å². The Morgan fingerprint density at radius 2 is 2.00 bits per heavy atom. The molecule has 17 heavy (non-hydrogen) atoms. The average Bonchev–Trinajstić information content (AvgIpc) is 2.29. The first-order valence-corrected chi connectivity index (χ1v) is 5.44. The van der Waals surface area contributed by atoms with Crippen molar-refractivity contribution in [2.75, 3.05) is 37.4 Å². The molecule has 0 saturated heterocycles. The molecule has 1 rings (SSSR count). The Morgan fingerprint density at radius 1 is 1.35 bits per heavy atom. The van der Waals surface area contributed by atoms with Crippen LogP contribution in [0.5, 0.6) is 0 Å². The maximum Gasteiger partial charge on any atom is 0.315 e. The van der Waals surface area contributed by atoms with Crippen LogP contribution in [0.1, 0.15) is 6.92 Å². The van der Waals surface area contributed by atoms with Gasteiger partial charge in [0.1, 0.15) is 11.4 Å². The smallest absolute Gasteiger partial charge is 0.315 e. The third-order valence-electron chi connectivity index (χ3n) is 2.21. The number of para-hydroxylation sites is 1. The van der Waals surface area contributed by atoms with Crippen LogP contribution in [-0.4, -0.2) is 31.7 Å². The van der Waals surface area contributed by atoms with Crippen LogP contribution in [0.4, 0.5) is 17.1 Å². The minimum absolute atomic E-state index is 0.0745. The molecule has 0 unspecified atom stereocenters. The highest BCUT2D eigenvalue weighted by Crippen LogP contribution is 2.32. The van der Waals surface area contributed by atoms with Crippen LogP contribution in [0.2, 0.25) is 0 Å². The third-order valence-corrected chi connectivity index (χ3v) is 2.21. The maximum atomic E-state index is 11.0. The second-order valence-electron chi connectivity index (χ2n) is 3.41. The molecule has 0 aliphatic rings. The van der Waals surface area contributed by atoms with Crippen LogP contribution in [0.25, 0.3) is 0 Å². The van der Waals surface area contributed by atoms with Gasteiger partial charge in [0.15, 0.2) is 0 Å². The average molecular weight is 239 g/mol. The molecule has 0 fully saturated rings. The normalized spacial score (nSPS) is 10.0. The number of methoxy groups -OCH3 is 1. The minimum Gasteiger partial charge on any atom is -0.383 e. The number of nitro benzene ring substituents is 1. The lowest BCUT2D eigenvalue weighted by molar-refractivity contribution is -0.383. The SMILES string of the molecule is CCNc1cccc(NCCOC)c1[N+](=O)[O-]. The molecule has 0 atom stereocenters. The molecule has 1 aromatic carbocycles. The summed E-state index contributed by atoms with van der Waals surface area (Å²) in [7, 11) is 1.59. The molecule has 0 aliphatic carbocycles. The monoisotopic (exact) mass is 239 g/mol. The summed E-state index contributed by atoms with van der Waals surface area (Å²) >= 11 is 0. The third kappa shape index (κ3) is 3.60. The van der Waals surface area contributed by atoms with Gasteiger partial charge in [-0.25, -0.2) is 0 Å². The Balaban J connectivity index is 2.94. The van der Waals surface area contributed by atoms with Gasteiger partial charge in [0.05, 0.1) is 11.5 Å². The predicted octanol–water partition coefficient (Wildman–Crippen LogP) is 2.08. The van der Waals surface area contributed by atoms with E-state index in [-0.39, 0.29) is 10.6 Å². The summed E-state index contributed by atoms with van der Waals surface area (Å²) in [5.74, 6) is 0. The van der Waals surface area contributed by atoms with Crippen molar-refractivity contribution >= 4 is 17.1 Å². The van der Waals surface area contributed by atoms with Crippen molar-refractivity contribution < 1.29 is 9.66 Å². The van der Waals surface area contributed by atoms with Crippen LogP contribution in [0.3, 0.4) is 0 Å². The molecule has 2 N–H and O–H groups in total. The molecular weight excluding hydrogens is 222 g/mol. The summed E-state index contributed by atoms with van der Waals surface area (Å²) in [6, 6.07) is 5.16. The van der Waals surface area contributed by atoms with Crippen LogP contribution in [-0.2, 0) is 4.74 Å². The Hall–Kier alpha value is -1.82. The molecule has 94 valence electrons. The van der Waals surface area contributed by atoms with Gasteiger partial charge in [0.25, 0.3) is 0 Å². The molecule has 0 heterocycles. The lowest BCUT2D eigenvalue weighted by atomic mass is 10.2. The first-order valence-electron chi connectivity index (χ1n) is 5.44. The van der Waals surface area contributed by atoms with E-state index in [4.69, 9.17) is 4.74 Å². The second-order valence-corrected chi connectivity index (χ2v) is 3.41. The van der Waals surface area contributed by atoms with Gasteiger partial charge >= 0.3 is 5.69 Å². The van der Waals surface area contributed by atoms with Gasteiger partial charge < -0.3 is 15.4 Å². The molecule has 0 saturated carbocycles. The van der Waals surface area contributed by atoms with Gasteiger partial charge in [-0.15, -0.1) is 0 Å². The number of nitro groups is 1. The maximum absolute atomic E-state index is 11.0. The van der Waals surface area contributed by atoms with Crippen LogP contribution >= 0.6 is 0 Å². The van der Waals surface area contributed by atoms with E-state index in [1.165, 1.54) is 0 Å². The van der Waals surface area contributed by atoms with Crippen LogP contribution in [0.15, 0.2) is 18.2 Å². The van der Waals surface area contributed by atoms with Gasteiger partial charge in [-0.05, 0) is 19.1 Å². The molecule has 0 amide bonds. The Bertz CT molecular complexity index is 382. The minimum atomic E-state index is -0.382. The fourth-order valence-electron chi connectivity index (χ4n) is 1.50. The Kier molecular flexibility index (Phi) is 5.22. The summed E-state index contributed by atoms with van der Waals surface area (Å²) in [5, 5.41) is 17.0. The van der Waals surface area contributed by atoms with Gasteiger partial charge in [0.2, 0.25) is 0 Å². The molecule has 0 aromatic heterocycles. The Labute approximate surface area is 100 Å². The van der Waals surface area contributed by atoms with E-state index < -0.39 is 0 Å². The lowest BCUT2D eigenvalue weighted by Gasteiger charge is -2.10. The lowest BCUT2D eigenvalue weighted by Crippen LogP contribution is -2.10. The van der Waals surface area contributed by atoms with Crippen molar-refractivity contribution in [2.24, 2.45) is 0 Å². The number of rotatable bonds is 7. The highest BCUT2D eigenvalue weighted by atomic mass is 16.6. The first-order chi connectivity index (χ1) is 8.20. The number of nitrogens with zero attached hydrogens (tertiary/aromatic N) is 1. The van der Waals surface area contributed by atoms with E-state index in [1.807, 2.05) is 6.92 Å². The highest BCUT2D eigenvalue weighted by molar-refractivity contribution is 5.76. The number of anilines is 2. The predicted molar refractivity (Wildman–Crippen MR) is 67.6 cm³/mol. The molecule has 6 heteroatoms. The zero-order valence-corrected chi connectivity index (χ0v) is 10.0. The fourth-order valence-corrected chi connectivity index (χ4v) is 1.50. The van der Waals surface area contributed by atoms with Crippen molar-refractivity contribution in [1.82, 2.24) is 0 Å². The quantitative estimate of drug-likeness (QED) is 0.433. The van der Waals surface area contributed by atoms with E-state index >= 15 is 0 Å². The zero-order chi connectivity index (χ0) is 12.7. The summed E-state index contributed by atoms with van der Waals surface area (Å²) in [6.45, 7) is 3.58. The first kappa shape index (κ1) is 13.2. The summed E-state index contributed by atoms with van der Waals surface area (Å²) in [4.78, 5) is 10.7. The van der Waals surface area contributed by atoms with E-state index in [0.717, 1.165) is 0 Å². The molecule has 0 aliphatic heterocycles. The van der Waals surface area contributed by atoms with Crippen molar-refractivity contribution in [3.05, 3.63) is 28.3 Å². The van der Waals surface area contributed by atoms with Crippen molar-refractivity contribution in [1.29, 1.82) is 0 Å². The van der Waals surface area contributed by atoms with E-state index in [1.54, 1.807) is 25.3 Å². The number of hydrogen-bond donors (Lipinski definition) is 2. The van der Waals surface area contributed by atoms with Crippen LogP contribution in [0, 0.1) is 10.1 Å². The van der Waals surface area contributed by atoms with Crippen molar-refractivity contribution in [2.45, 2.75) is 6.92 Å². The van der Waals surface area contributed by atoms with Gasteiger partial charge in [-0.2, -0.15) is 0 Å². The zero-order valence-electron chi connectivity index (χ0n) is 10.0. The summed E-state index contributed by atoms with van der Waals surface area (Å²) in [5.41, 5.74) is 1.11. The van der Waals surface area contributed by atoms with Gasteiger partial charge in [0, 0.05) is 20.2 Å². The topological polar surface area (TPSA) is 76.4 Å². The standard InChI is InChI=1S/C11H17N3O3/c1-3-12-9-5-4-6-10(11(9)14(15)16)13-7-8-17-2/h4-6,12-13H,3,7-8H2,1-2H3.